The third-order valence-corrected chi connectivity index (χ3v) is 5.01. The van der Waals surface area contributed by atoms with Crippen LogP contribution in [0.4, 0.5) is 0 Å². The Morgan fingerprint density at radius 3 is 2.13 bits per heavy atom. The van der Waals surface area contributed by atoms with Crippen molar-refractivity contribution in [1.82, 2.24) is 5.32 Å². The van der Waals surface area contributed by atoms with Gasteiger partial charge in [-0.05, 0) is 25.7 Å². The van der Waals surface area contributed by atoms with Crippen LogP contribution in [0.3, 0.4) is 0 Å². The van der Waals surface area contributed by atoms with Gasteiger partial charge in [0.05, 0.1) is 0 Å². The van der Waals surface area contributed by atoms with Gasteiger partial charge in [0.15, 0.2) is 0 Å². The Labute approximate surface area is 89.4 Å². The number of carbonyl (C=O) groups is 1. The number of carbonyl (C=O) groups excluding carboxylic acids is 1. The molecule has 0 radical (unpaired) electrons. The smallest absolute Gasteiger partial charge is 0.340 e. The molecule has 0 spiro atoms. The largest absolute Gasteiger partial charge is 0.352 e. The van der Waals surface area contributed by atoms with E-state index >= 15 is 0 Å². The molecule has 6 heteroatoms. The predicted molar refractivity (Wildman–Crippen MR) is 56.5 cm³/mol. The molecule has 1 aliphatic rings. The fourth-order valence-corrected chi connectivity index (χ4v) is 2.82. The van der Waals surface area contributed by atoms with Crippen molar-refractivity contribution in [3.8, 4) is 0 Å². The van der Waals surface area contributed by atoms with Gasteiger partial charge in [0, 0.05) is 6.04 Å². The highest BCUT2D eigenvalue weighted by molar-refractivity contribution is 7.54. The summed E-state index contributed by atoms with van der Waals surface area (Å²) >= 11 is 0. The van der Waals surface area contributed by atoms with Crippen molar-refractivity contribution < 1.29 is 19.1 Å². The van der Waals surface area contributed by atoms with Gasteiger partial charge in [0.2, 0.25) is 5.91 Å². The van der Waals surface area contributed by atoms with Crippen LogP contribution < -0.4 is 5.32 Å². The van der Waals surface area contributed by atoms with Crippen molar-refractivity contribution >= 4 is 13.5 Å². The van der Waals surface area contributed by atoms with Crippen molar-refractivity contribution in [2.24, 2.45) is 0 Å². The second-order valence-corrected chi connectivity index (χ2v) is 5.97. The van der Waals surface area contributed by atoms with E-state index in [1.165, 1.54) is 0 Å². The number of hydrogen-bond acceptors (Lipinski definition) is 2. The minimum atomic E-state index is -4.40. The van der Waals surface area contributed by atoms with Crippen LogP contribution in [-0.2, 0) is 9.36 Å². The number of amides is 1. The standard InChI is InChI=1S/C9H18NO4P/c1-3-9(4-2,15(12,13)14)8(11)10-7-5-6-7/h7H,3-6H2,1-2H3,(H,10,11)(H2,12,13,14). The van der Waals surface area contributed by atoms with Crippen LogP contribution in [0.5, 0.6) is 0 Å². The summed E-state index contributed by atoms with van der Waals surface area (Å²) in [5, 5.41) is 1.14. The topological polar surface area (TPSA) is 86.6 Å². The number of hydrogen-bond donors (Lipinski definition) is 3. The summed E-state index contributed by atoms with van der Waals surface area (Å²) < 4.78 is 11.4. The van der Waals surface area contributed by atoms with Gasteiger partial charge in [-0.2, -0.15) is 0 Å². The lowest BCUT2D eigenvalue weighted by Gasteiger charge is -2.30. The second-order valence-electron chi connectivity index (χ2n) is 4.03. The molecule has 1 saturated carbocycles. The molecule has 5 nitrogen and oxygen atoms in total. The molecule has 0 bridgehead atoms. The first-order valence-corrected chi connectivity index (χ1v) is 6.85. The zero-order valence-corrected chi connectivity index (χ0v) is 9.96. The van der Waals surface area contributed by atoms with Crippen LogP contribution in [-0.4, -0.2) is 26.9 Å². The molecule has 1 aliphatic carbocycles. The molecule has 15 heavy (non-hydrogen) atoms. The molecule has 0 atom stereocenters. The average Bonchev–Trinajstić information content (AvgIpc) is 2.88. The van der Waals surface area contributed by atoms with Crippen LogP contribution in [0, 0.1) is 0 Å². The Morgan fingerprint density at radius 2 is 1.87 bits per heavy atom. The molecule has 1 rings (SSSR count). The fourth-order valence-electron chi connectivity index (χ4n) is 1.66. The lowest BCUT2D eigenvalue weighted by Crippen LogP contribution is -2.46. The third-order valence-electron chi connectivity index (χ3n) is 3.06. The maximum absolute atomic E-state index is 11.8. The molecule has 0 aromatic heterocycles. The van der Waals surface area contributed by atoms with E-state index in [-0.39, 0.29) is 18.9 Å². The zero-order valence-electron chi connectivity index (χ0n) is 9.06. The van der Waals surface area contributed by atoms with Gasteiger partial charge in [0.1, 0.15) is 5.16 Å². The highest BCUT2D eigenvalue weighted by atomic mass is 31.2. The highest BCUT2D eigenvalue weighted by Gasteiger charge is 2.51. The van der Waals surface area contributed by atoms with E-state index in [2.05, 4.69) is 5.32 Å². The first-order valence-electron chi connectivity index (χ1n) is 5.24. The number of rotatable bonds is 5. The minimum Gasteiger partial charge on any atom is -0.352 e. The van der Waals surface area contributed by atoms with Crippen LogP contribution in [0.25, 0.3) is 0 Å². The van der Waals surface area contributed by atoms with E-state index < -0.39 is 18.7 Å². The average molecular weight is 235 g/mol. The van der Waals surface area contributed by atoms with Crippen molar-refractivity contribution in [2.45, 2.75) is 50.7 Å². The summed E-state index contributed by atoms with van der Waals surface area (Å²) in [5.74, 6) is -0.497. The first kappa shape index (κ1) is 12.7. The van der Waals surface area contributed by atoms with Gasteiger partial charge in [0.25, 0.3) is 0 Å². The Kier molecular flexibility index (Phi) is 3.59. The molecule has 0 aliphatic heterocycles. The molecule has 0 unspecified atom stereocenters. The molecule has 0 heterocycles. The van der Waals surface area contributed by atoms with Crippen molar-refractivity contribution in [3.63, 3.8) is 0 Å². The van der Waals surface area contributed by atoms with E-state index in [9.17, 15) is 19.1 Å². The van der Waals surface area contributed by atoms with Crippen LogP contribution >= 0.6 is 7.60 Å². The van der Waals surface area contributed by atoms with Gasteiger partial charge in [-0.1, -0.05) is 13.8 Å². The predicted octanol–water partition coefficient (Wildman–Crippen LogP) is 1.00. The molecular formula is C9H18NO4P. The van der Waals surface area contributed by atoms with Gasteiger partial charge >= 0.3 is 7.60 Å². The molecule has 88 valence electrons. The summed E-state index contributed by atoms with van der Waals surface area (Å²) in [6.07, 6.45) is 2.14. The Hall–Kier alpha value is -0.380. The maximum atomic E-state index is 11.8. The molecule has 0 aromatic rings. The van der Waals surface area contributed by atoms with Gasteiger partial charge in [-0.25, -0.2) is 0 Å². The highest BCUT2D eigenvalue weighted by Crippen LogP contribution is 2.54. The summed E-state index contributed by atoms with van der Waals surface area (Å²) in [7, 11) is -4.40. The van der Waals surface area contributed by atoms with Crippen molar-refractivity contribution in [3.05, 3.63) is 0 Å². The van der Waals surface area contributed by atoms with Crippen molar-refractivity contribution in [1.29, 1.82) is 0 Å². The Morgan fingerprint density at radius 1 is 1.40 bits per heavy atom. The van der Waals surface area contributed by atoms with E-state index in [1.807, 2.05) is 0 Å². The Bertz CT molecular complexity index is 290. The molecular weight excluding hydrogens is 217 g/mol. The van der Waals surface area contributed by atoms with E-state index in [4.69, 9.17) is 0 Å². The lowest BCUT2D eigenvalue weighted by molar-refractivity contribution is -0.124. The SMILES string of the molecule is CCC(CC)(C(=O)NC1CC1)P(=O)(O)O. The maximum Gasteiger partial charge on any atom is 0.340 e. The summed E-state index contributed by atoms with van der Waals surface area (Å²) in [4.78, 5) is 30.4. The van der Waals surface area contributed by atoms with Gasteiger partial charge < -0.3 is 15.1 Å². The molecule has 1 fully saturated rings. The van der Waals surface area contributed by atoms with E-state index in [0.29, 0.717) is 0 Å². The second kappa shape index (κ2) is 4.24. The molecule has 0 saturated heterocycles. The lowest BCUT2D eigenvalue weighted by atomic mass is 10.0. The normalized spacial score (nSPS) is 17.6. The fraction of sp³-hybridized carbons (Fsp3) is 0.889. The third kappa shape index (κ3) is 2.41. The van der Waals surface area contributed by atoms with Crippen LogP contribution in [0.15, 0.2) is 0 Å². The monoisotopic (exact) mass is 235 g/mol. The van der Waals surface area contributed by atoms with Gasteiger partial charge in [-0.3, -0.25) is 9.36 Å². The van der Waals surface area contributed by atoms with E-state index in [0.717, 1.165) is 12.8 Å². The summed E-state index contributed by atoms with van der Waals surface area (Å²) in [5.41, 5.74) is 0. The molecule has 3 N–H and O–H groups in total. The van der Waals surface area contributed by atoms with Gasteiger partial charge in [-0.15, -0.1) is 0 Å². The van der Waals surface area contributed by atoms with Crippen LogP contribution in [0.1, 0.15) is 39.5 Å². The summed E-state index contributed by atoms with van der Waals surface area (Å²) in [6, 6.07) is 0.126. The number of nitrogens with one attached hydrogen (secondary N) is 1. The summed E-state index contributed by atoms with van der Waals surface area (Å²) in [6.45, 7) is 3.27. The molecule has 1 amide bonds. The Balaban J connectivity index is 2.87. The molecule has 0 aromatic carbocycles. The quantitative estimate of drug-likeness (QED) is 0.620. The minimum absolute atomic E-state index is 0.126. The first-order chi connectivity index (χ1) is 6.87. The van der Waals surface area contributed by atoms with E-state index in [1.54, 1.807) is 13.8 Å². The van der Waals surface area contributed by atoms with Crippen molar-refractivity contribution in [2.75, 3.05) is 0 Å². The zero-order chi connectivity index (χ0) is 11.7. The van der Waals surface area contributed by atoms with Crippen LogP contribution in [0.2, 0.25) is 0 Å².